The first kappa shape index (κ1) is 19.5. The van der Waals surface area contributed by atoms with E-state index in [0.717, 1.165) is 0 Å². The van der Waals surface area contributed by atoms with Crippen molar-refractivity contribution in [2.45, 2.75) is 32.9 Å². The molecule has 0 aliphatic carbocycles. The van der Waals surface area contributed by atoms with E-state index < -0.39 is 23.6 Å². The lowest BCUT2D eigenvalue weighted by Gasteiger charge is -2.25. The standard InChI is InChI=1S/C17H23NO6/c1-17(2,3)24-16(21)18(4)10-11-8-7-9-12(14(19)22-5)13(11)15(20)23-6/h7-9H,10H2,1-6H3. The molecular formula is C17H23NO6. The summed E-state index contributed by atoms with van der Waals surface area (Å²) in [6.45, 7) is 5.35. The fraction of sp³-hybridized carbons (Fsp3) is 0.471. The van der Waals surface area contributed by atoms with Crippen LogP contribution in [0.1, 0.15) is 47.1 Å². The van der Waals surface area contributed by atoms with Gasteiger partial charge in [0, 0.05) is 13.6 Å². The van der Waals surface area contributed by atoms with Gasteiger partial charge in [-0.3, -0.25) is 0 Å². The first-order chi connectivity index (χ1) is 11.1. The Hall–Kier alpha value is -2.57. The van der Waals surface area contributed by atoms with E-state index in [4.69, 9.17) is 14.2 Å². The monoisotopic (exact) mass is 337 g/mol. The zero-order valence-electron chi connectivity index (χ0n) is 14.8. The molecule has 0 bridgehead atoms. The van der Waals surface area contributed by atoms with Crippen molar-refractivity contribution < 1.29 is 28.6 Å². The van der Waals surface area contributed by atoms with E-state index >= 15 is 0 Å². The molecular weight excluding hydrogens is 314 g/mol. The van der Waals surface area contributed by atoms with Crippen molar-refractivity contribution in [3.8, 4) is 0 Å². The summed E-state index contributed by atoms with van der Waals surface area (Å²) in [5, 5.41) is 0. The molecule has 0 spiro atoms. The number of nitrogens with zero attached hydrogens (tertiary/aromatic N) is 1. The number of rotatable bonds is 4. The Bertz CT molecular complexity index is 632. The van der Waals surface area contributed by atoms with Crippen molar-refractivity contribution in [2.75, 3.05) is 21.3 Å². The largest absolute Gasteiger partial charge is 0.465 e. The highest BCUT2D eigenvalue weighted by atomic mass is 16.6. The molecule has 1 aromatic rings. The molecule has 7 nitrogen and oxygen atoms in total. The van der Waals surface area contributed by atoms with Gasteiger partial charge in [0.25, 0.3) is 0 Å². The van der Waals surface area contributed by atoms with Gasteiger partial charge in [0.15, 0.2) is 0 Å². The van der Waals surface area contributed by atoms with Crippen LogP contribution in [0, 0.1) is 0 Å². The summed E-state index contributed by atoms with van der Waals surface area (Å²) in [6.07, 6.45) is -0.540. The van der Waals surface area contributed by atoms with Crippen LogP contribution >= 0.6 is 0 Å². The lowest BCUT2D eigenvalue weighted by Crippen LogP contribution is -2.34. The molecule has 1 rings (SSSR count). The van der Waals surface area contributed by atoms with Crippen molar-refractivity contribution in [1.29, 1.82) is 0 Å². The minimum Gasteiger partial charge on any atom is -0.465 e. The second kappa shape index (κ2) is 7.81. The predicted molar refractivity (Wildman–Crippen MR) is 86.8 cm³/mol. The Balaban J connectivity index is 3.17. The number of methoxy groups -OCH3 is 2. The van der Waals surface area contributed by atoms with Gasteiger partial charge in [-0.2, -0.15) is 0 Å². The van der Waals surface area contributed by atoms with Crippen LogP contribution in [0.15, 0.2) is 18.2 Å². The summed E-state index contributed by atoms with van der Waals surface area (Å²) in [6, 6.07) is 4.71. The van der Waals surface area contributed by atoms with Crippen LogP contribution < -0.4 is 0 Å². The molecule has 0 heterocycles. The van der Waals surface area contributed by atoms with Crippen LogP contribution in [-0.4, -0.2) is 49.8 Å². The number of esters is 2. The molecule has 0 radical (unpaired) electrons. The van der Waals surface area contributed by atoms with Crippen LogP contribution in [0.5, 0.6) is 0 Å². The molecule has 1 amide bonds. The van der Waals surface area contributed by atoms with E-state index in [1.54, 1.807) is 40.0 Å². The van der Waals surface area contributed by atoms with Gasteiger partial charge in [0.1, 0.15) is 5.60 Å². The minimum absolute atomic E-state index is 0.0715. The van der Waals surface area contributed by atoms with Crippen molar-refractivity contribution in [1.82, 2.24) is 4.90 Å². The number of carbonyl (C=O) groups is 3. The highest BCUT2D eigenvalue weighted by molar-refractivity contribution is 6.04. The van der Waals surface area contributed by atoms with Gasteiger partial charge < -0.3 is 19.1 Å². The number of carbonyl (C=O) groups excluding carboxylic acids is 3. The Morgan fingerprint density at radius 1 is 1.04 bits per heavy atom. The molecule has 7 heteroatoms. The van der Waals surface area contributed by atoms with Gasteiger partial charge in [0.05, 0.1) is 25.3 Å². The number of amides is 1. The van der Waals surface area contributed by atoms with Gasteiger partial charge in [-0.05, 0) is 32.4 Å². The molecule has 0 fully saturated rings. The van der Waals surface area contributed by atoms with E-state index in [2.05, 4.69) is 0 Å². The van der Waals surface area contributed by atoms with E-state index in [1.807, 2.05) is 0 Å². The van der Waals surface area contributed by atoms with Crippen molar-refractivity contribution in [3.63, 3.8) is 0 Å². The molecule has 0 saturated carbocycles. The second-order valence-electron chi connectivity index (χ2n) is 6.16. The number of hydrogen-bond donors (Lipinski definition) is 0. The molecule has 132 valence electrons. The average Bonchev–Trinajstić information content (AvgIpc) is 2.51. The fourth-order valence-electron chi connectivity index (χ4n) is 2.01. The van der Waals surface area contributed by atoms with E-state index in [0.29, 0.717) is 5.56 Å². The van der Waals surface area contributed by atoms with Gasteiger partial charge in [-0.25, -0.2) is 14.4 Å². The third-order valence-corrected chi connectivity index (χ3v) is 3.06. The van der Waals surface area contributed by atoms with Gasteiger partial charge in [-0.15, -0.1) is 0 Å². The Labute approximate surface area is 141 Å². The summed E-state index contributed by atoms with van der Waals surface area (Å²) in [5.74, 6) is -1.33. The first-order valence-corrected chi connectivity index (χ1v) is 7.33. The van der Waals surface area contributed by atoms with Crippen molar-refractivity contribution >= 4 is 18.0 Å². The molecule has 0 unspecified atom stereocenters. The predicted octanol–water partition coefficient (Wildman–Crippen LogP) is 2.63. The molecule has 0 aromatic heterocycles. The zero-order chi connectivity index (χ0) is 18.5. The number of benzene rings is 1. The maximum absolute atomic E-state index is 12.1. The van der Waals surface area contributed by atoms with Crippen LogP contribution in [0.3, 0.4) is 0 Å². The number of hydrogen-bond acceptors (Lipinski definition) is 6. The smallest absolute Gasteiger partial charge is 0.410 e. The van der Waals surface area contributed by atoms with Crippen LogP contribution in [0.4, 0.5) is 4.79 Å². The molecule has 0 saturated heterocycles. The van der Waals surface area contributed by atoms with Crippen LogP contribution in [0.2, 0.25) is 0 Å². The molecule has 24 heavy (non-hydrogen) atoms. The molecule has 1 aromatic carbocycles. The summed E-state index contributed by atoms with van der Waals surface area (Å²) in [7, 11) is 3.99. The summed E-state index contributed by atoms with van der Waals surface area (Å²) < 4.78 is 14.7. The highest BCUT2D eigenvalue weighted by Gasteiger charge is 2.25. The van der Waals surface area contributed by atoms with Gasteiger partial charge in [-0.1, -0.05) is 12.1 Å². The van der Waals surface area contributed by atoms with Crippen LogP contribution in [-0.2, 0) is 20.8 Å². The van der Waals surface area contributed by atoms with Crippen LogP contribution in [0.25, 0.3) is 0 Å². The maximum atomic E-state index is 12.1. The van der Waals surface area contributed by atoms with Gasteiger partial charge >= 0.3 is 18.0 Å². The Morgan fingerprint density at radius 2 is 1.62 bits per heavy atom. The third-order valence-electron chi connectivity index (χ3n) is 3.06. The summed E-state index contributed by atoms with van der Waals surface area (Å²) in [4.78, 5) is 37.4. The van der Waals surface area contributed by atoms with E-state index in [9.17, 15) is 14.4 Å². The maximum Gasteiger partial charge on any atom is 0.410 e. The van der Waals surface area contributed by atoms with Gasteiger partial charge in [0.2, 0.25) is 0 Å². The summed E-state index contributed by atoms with van der Waals surface area (Å²) in [5.41, 5.74) is -0.0236. The topological polar surface area (TPSA) is 82.1 Å². The lowest BCUT2D eigenvalue weighted by molar-refractivity contribution is 0.0282. The quantitative estimate of drug-likeness (QED) is 0.620. The molecule has 0 aliphatic rings. The fourth-order valence-corrected chi connectivity index (χ4v) is 2.01. The summed E-state index contributed by atoms with van der Waals surface area (Å²) >= 11 is 0. The second-order valence-corrected chi connectivity index (χ2v) is 6.16. The molecule has 0 N–H and O–H groups in total. The average molecular weight is 337 g/mol. The van der Waals surface area contributed by atoms with Crippen molar-refractivity contribution in [3.05, 3.63) is 34.9 Å². The highest BCUT2D eigenvalue weighted by Crippen LogP contribution is 2.20. The third kappa shape index (κ3) is 4.97. The first-order valence-electron chi connectivity index (χ1n) is 7.33. The SMILES string of the molecule is COC(=O)c1cccc(CN(C)C(=O)OC(C)(C)C)c1C(=O)OC. The Kier molecular flexibility index (Phi) is 6.34. The minimum atomic E-state index is -0.677. The number of ether oxygens (including phenoxy) is 3. The Morgan fingerprint density at radius 3 is 2.12 bits per heavy atom. The normalized spacial score (nSPS) is 10.8. The lowest BCUT2D eigenvalue weighted by atomic mass is 10.0. The van der Waals surface area contributed by atoms with E-state index in [-0.39, 0.29) is 17.7 Å². The zero-order valence-corrected chi connectivity index (χ0v) is 14.8. The van der Waals surface area contributed by atoms with E-state index in [1.165, 1.54) is 25.2 Å². The van der Waals surface area contributed by atoms with Crippen molar-refractivity contribution in [2.24, 2.45) is 0 Å². The molecule has 0 aliphatic heterocycles. The molecule has 0 atom stereocenters.